The summed E-state index contributed by atoms with van der Waals surface area (Å²) in [7, 11) is 9.31. The number of benzene rings is 4. The van der Waals surface area contributed by atoms with Gasteiger partial charge in [-0.2, -0.15) is 0 Å². The maximum absolute atomic E-state index is 14.6. The van der Waals surface area contributed by atoms with Crippen LogP contribution in [-0.4, -0.2) is 72.5 Å². The van der Waals surface area contributed by atoms with Gasteiger partial charge in [-0.15, -0.1) is 0 Å². The Kier molecular flexibility index (Phi) is 8.94. The van der Waals surface area contributed by atoms with E-state index in [0.29, 0.717) is 67.7 Å². The molecule has 0 heterocycles. The van der Waals surface area contributed by atoms with Crippen LogP contribution in [0.25, 0.3) is 32.7 Å². The van der Waals surface area contributed by atoms with E-state index in [1.165, 1.54) is 14.2 Å². The van der Waals surface area contributed by atoms with Gasteiger partial charge in [0.1, 0.15) is 11.5 Å². The van der Waals surface area contributed by atoms with Crippen LogP contribution in [0.3, 0.4) is 0 Å². The van der Waals surface area contributed by atoms with E-state index >= 15 is 0 Å². The van der Waals surface area contributed by atoms with E-state index < -0.39 is 5.91 Å². The molecule has 2 fully saturated rings. The topological polar surface area (TPSA) is 119 Å². The number of aryl methyl sites for hydroxylation is 2. The summed E-state index contributed by atoms with van der Waals surface area (Å²) in [6.45, 7) is 5.40. The van der Waals surface area contributed by atoms with Gasteiger partial charge in [-0.1, -0.05) is 0 Å². The molecule has 2 N–H and O–H groups in total. The standard InChI is InChI=1S/C38H44N2O8/c1-19-13-23-25(15-27(43-3)35(47-7)31(23)37(39)41)33(45-5)29(19)30-20(2)14-24-26(34(30)46-6)16-28(44-4)36(48-8)32(24)38(42)40(17-21-9-10-21)18-22-11-12-22/h13-16,21-22H,9-12,17-18H2,1-8H3,(H2,39,41). The van der Waals surface area contributed by atoms with Crippen LogP contribution in [0.5, 0.6) is 34.5 Å². The van der Waals surface area contributed by atoms with Gasteiger partial charge in [0.2, 0.25) is 0 Å². The largest absolute Gasteiger partial charge is 0.495 e. The Morgan fingerprint density at radius 3 is 1.35 bits per heavy atom. The van der Waals surface area contributed by atoms with Crippen LogP contribution in [0.4, 0.5) is 0 Å². The molecule has 254 valence electrons. The highest BCUT2D eigenvalue weighted by Gasteiger charge is 2.35. The van der Waals surface area contributed by atoms with Crippen molar-refractivity contribution in [3.05, 3.63) is 46.5 Å². The van der Waals surface area contributed by atoms with E-state index in [4.69, 9.17) is 34.2 Å². The van der Waals surface area contributed by atoms with Gasteiger partial charge in [-0.25, -0.2) is 0 Å². The number of carbonyl (C=O) groups is 2. The van der Waals surface area contributed by atoms with Crippen LogP contribution in [0.15, 0.2) is 24.3 Å². The van der Waals surface area contributed by atoms with Crippen molar-refractivity contribution in [2.45, 2.75) is 39.5 Å². The lowest BCUT2D eigenvalue weighted by Crippen LogP contribution is -2.35. The molecule has 4 aromatic carbocycles. The monoisotopic (exact) mass is 656 g/mol. The Labute approximate surface area is 281 Å². The van der Waals surface area contributed by atoms with Gasteiger partial charge < -0.3 is 39.1 Å². The highest BCUT2D eigenvalue weighted by Crippen LogP contribution is 2.52. The number of carbonyl (C=O) groups excluding carboxylic acids is 2. The van der Waals surface area contributed by atoms with Gasteiger partial charge in [0.05, 0.1) is 53.8 Å². The molecule has 0 saturated heterocycles. The SMILES string of the molecule is COc1cc2c(OC)c(-c3c(C)cc4c(C(=O)N(CC5CC5)CC5CC5)c(OC)c(OC)cc4c3OC)c(C)cc2c(C(N)=O)c1OC. The zero-order valence-electron chi connectivity index (χ0n) is 29.0. The third-order valence-corrected chi connectivity index (χ3v) is 9.63. The molecule has 2 saturated carbocycles. The van der Waals surface area contributed by atoms with Crippen molar-refractivity contribution in [1.29, 1.82) is 0 Å². The van der Waals surface area contributed by atoms with Gasteiger partial charge in [-0.05, 0) is 86.8 Å². The van der Waals surface area contributed by atoms with Gasteiger partial charge in [0, 0.05) is 45.8 Å². The number of primary amides is 1. The van der Waals surface area contributed by atoms with Crippen LogP contribution in [0.2, 0.25) is 0 Å². The van der Waals surface area contributed by atoms with Gasteiger partial charge in [-0.3, -0.25) is 9.59 Å². The normalized spacial score (nSPS) is 14.2. The first-order valence-electron chi connectivity index (χ1n) is 16.2. The van der Waals surface area contributed by atoms with Crippen molar-refractivity contribution < 1.29 is 38.0 Å². The van der Waals surface area contributed by atoms with Crippen molar-refractivity contribution >= 4 is 33.4 Å². The summed E-state index contributed by atoms with van der Waals surface area (Å²) in [5, 5.41) is 2.60. The van der Waals surface area contributed by atoms with Gasteiger partial charge in [0.25, 0.3) is 11.8 Å². The molecule has 4 aromatic rings. The van der Waals surface area contributed by atoms with Gasteiger partial charge >= 0.3 is 0 Å². The van der Waals surface area contributed by atoms with Crippen molar-refractivity contribution in [1.82, 2.24) is 4.90 Å². The number of methoxy groups -OCH3 is 6. The third kappa shape index (κ3) is 5.56. The Bertz CT molecular complexity index is 1930. The molecule has 10 heteroatoms. The number of hydrogen-bond acceptors (Lipinski definition) is 8. The maximum atomic E-state index is 14.6. The van der Waals surface area contributed by atoms with Crippen molar-refractivity contribution in [3.63, 3.8) is 0 Å². The molecule has 0 aromatic heterocycles. The molecule has 0 unspecified atom stereocenters. The fourth-order valence-electron chi connectivity index (χ4n) is 7.02. The highest BCUT2D eigenvalue weighted by molar-refractivity contribution is 6.16. The number of amides is 2. The molecule has 2 aliphatic rings. The average Bonchev–Trinajstić information content (AvgIpc) is 4.02. The van der Waals surface area contributed by atoms with E-state index in [-0.39, 0.29) is 17.2 Å². The van der Waals surface area contributed by atoms with Crippen molar-refractivity contribution in [2.75, 3.05) is 55.7 Å². The molecule has 2 aliphatic carbocycles. The Balaban J connectivity index is 1.66. The summed E-state index contributed by atoms with van der Waals surface area (Å²) < 4.78 is 35.3. The van der Waals surface area contributed by atoms with Crippen LogP contribution in [0, 0.1) is 25.7 Å². The fraction of sp³-hybridized carbons (Fsp3) is 0.421. The Hall–Kier alpha value is -4.86. The zero-order valence-corrected chi connectivity index (χ0v) is 29.0. The lowest BCUT2D eigenvalue weighted by Gasteiger charge is -2.27. The van der Waals surface area contributed by atoms with Crippen LogP contribution in [-0.2, 0) is 0 Å². The lowest BCUT2D eigenvalue weighted by atomic mass is 9.87. The molecule has 0 atom stereocenters. The van der Waals surface area contributed by atoms with Crippen LogP contribution < -0.4 is 34.2 Å². The first-order valence-corrected chi connectivity index (χ1v) is 16.2. The summed E-state index contributed by atoms with van der Waals surface area (Å²) in [5.41, 5.74) is 9.75. The maximum Gasteiger partial charge on any atom is 0.258 e. The molecule has 6 rings (SSSR count). The summed E-state index contributed by atoms with van der Waals surface area (Å²) in [5.74, 6) is 2.84. The number of hydrogen-bond donors (Lipinski definition) is 1. The molecular formula is C38H44N2O8. The van der Waals surface area contributed by atoms with E-state index in [1.54, 1.807) is 34.5 Å². The fourth-order valence-corrected chi connectivity index (χ4v) is 7.02. The number of nitrogens with two attached hydrogens (primary N) is 1. The number of ether oxygens (including phenoxy) is 6. The Morgan fingerprint density at radius 1 is 0.604 bits per heavy atom. The van der Waals surface area contributed by atoms with E-state index in [0.717, 1.165) is 61.0 Å². The first kappa shape index (κ1) is 33.1. The molecule has 48 heavy (non-hydrogen) atoms. The predicted molar refractivity (Wildman–Crippen MR) is 186 cm³/mol. The summed E-state index contributed by atoms with van der Waals surface area (Å²) in [6.07, 6.45) is 4.58. The van der Waals surface area contributed by atoms with Crippen molar-refractivity contribution in [2.24, 2.45) is 17.6 Å². The molecule has 0 spiro atoms. The number of nitrogens with zero attached hydrogens (tertiary/aromatic N) is 1. The molecule has 2 amide bonds. The minimum absolute atomic E-state index is 0.0664. The Morgan fingerprint density at radius 2 is 1.00 bits per heavy atom. The average molecular weight is 657 g/mol. The number of rotatable bonds is 13. The summed E-state index contributed by atoms with van der Waals surface area (Å²) >= 11 is 0. The van der Waals surface area contributed by atoms with E-state index in [1.807, 2.05) is 36.9 Å². The second-order valence-corrected chi connectivity index (χ2v) is 12.8. The minimum atomic E-state index is -0.653. The smallest absolute Gasteiger partial charge is 0.258 e. The molecule has 10 nitrogen and oxygen atoms in total. The minimum Gasteiger partial charge on any atom is -0.495 e. The second-order valence-electron chi connectivity index (χ2n) is 12.8. The third-order valence-electron chi connectivity index (χ3n) is 9.63. The zero-order chi connectivity index (χ0) is 34.4. The lowest BCUT2D eigenvalue weighted by molar-refractivity contribution is 0.0737. The molecule has 0 radical (unpaired) electrons. The predicted octanol–water partition coefficient (Wildman–Crippen LogP) is 6.69. The van der Waals surface area contributed by atoms with Crippen LogP contribution >= 0.6 is 0 Å². The first-order chi connectivity index (χ1) is 23.1. The van der Waals surface area contributed by atoms with Gasteiger partial charge in [0.15, 0.2) is 23.0 Å². The second kappa shape index (κ2) is 13.0. The van der Waals surface area contributed by atoms with E-state index in [9.17, 15) is 9.59 Å². The van der Waals surface area contributed by atoms with Crippen molar-refractivity contribution in [3.8, 4) is 45.6 Å². The van der Waals surface area contributed by atoms with Crippen LogP contribution in [0.1, 0.15) is 57.5 Å². The molecular weight excluding hydrogens is 612 g/mol. The number of fused-ring (bicyclic) bond motifs is 2. The molecule has 0 bridgehead atoms. The molecule has 0 aliphatic heterocycles. The summed E-state index contributed by atoms with van der Waals surface area (Å²) in [6, 6.07) is 7.56. The quantitative estimate of drug-likeness (QED) is 0.169. The summed E-state index contributed by atoms with van der Waals surface area (Å²) in [4.78, 5) is 29.4. The van der Waals surface area contributed by atoms with E-state index in [2.05, 4.69) is 0 Å². The highest BCUT2D eigenvalue weighted by atomic mass is 16.5.